The molecule has 2 aliphatic rings. The number of nitrogens with one attached hydrogen (secondary N) is 1. The lowest BCUT2D eigenvalue weighted by Crippen LogP contribution is -2.46. The number of hydrogen-bond donors (Lipinski definition) is 1. The minimum Gasteiger partial charge on any atom is -0.464 e. The monoisotopic (exact) mass is 243 g/mol. The second-order valence-corrected chi connectivity index (χ2v) is 5.63. The number of esters is 1. The molecular formula is C11H17NO3S. The van der Waals surface area contributed by atoms with Crippen molar-refractivity contribution >= 4 is 23.6 Å². The van der Waals surface area contributed by atoms with Crippen LogP contribution in [0.4, 0.5) is 0 Å². The van der Waals surface area contributed by atoms with Crippen LogP contribution in [0.15, 0.2) is 0 Å². The normalized spacial score (nSPS) is 27.8. The first-order valence-corrected chi connectivity index (χ1v) is 6.87. The first kappa shape index (κ1) is 11.8. The Balaban J connectivity index is 2.14. The summed E-state index contributed by atoms with van der Waals surface area (Å²) in [4.78, 5) is 23.3. The lowest BCUT2D eigenvalue weighted by molar-refractivity contribution is -0.148. The molecule has 4 nitrogen and oxygen atoms in total. The molecule has 1 unspecified atom stereocenters. The molecule has 2 aliphatic heterocycles. The Morgan fingerprint density at radius 1 is 1.56 bits per heavy atom. The van der Waals surface area contributed by atoms with Crippen molar-refractivity contribution in [3.05, 3.63) is 0 Å². The SMILES string of the molecule is CCOC(=O)C1NC(=O)CC12CCSCC2. The molecule has 5 heteroatoms. The summed E-state index contributed by atoms with van der Waals surface area (Å²) in [6.45, 7) is 2.16. The van der Waals surface area contributed by atoms with Gasteiger partial charge in [0, 0.05) is 11.8 Å². The van der Waals surface area contributed by atoms with E-state index in [1.165, 1.54) is 0 Å². The third-order valence-corrected chi connectivity index (χ3v) is 4.43. The van der Waals surface area contributed by atoms with Gasteiger partial charge in [0.2, 0.25) is 5.91 Å². The van der Waals surface area contributed by atoms with Gasteiger partial charge in [0.1, 0.15) is 6.04 Å². The molecule has 2 saturated heterocycles. The highest BCUT2D eigenvalue weighted by Crippen LogP contribution is 2.44. The van der Waals surface area contributed by atoms with Gasteiger partial charge in [0.15, 0.2) is 0 Å². The van der Waals surface area contributed by atoms with E-state index in [1.807, 2.05) is 11.8 Å². The summed E-state index contributed by atoms with van der Waals surface area (Å²) in [6, 6.07) is -0.416. The molecule has 1 amide bonds. The van der Waals surface area contributed by atoms with Crippen LogP contribution in [-0.4, -0.2) is 36.0 Å². The van der Waals surface area contributed by atoms with Crippen molar-refractivity contribution in [3.63, 3.8) is 0 Å². The molecule has 0 aromatic carbocycles. The summed E-state index contributed by atoms with van der Waals surface area (Å²) in [5.74, 6) is 1.79. The summed E-state index contributed by atoms with van der Waals surface area (Å²) in [5, 5.41) is 2.78. The second-order valence-electron chi connectivity index (χ2n) is 4.40. The average molecular weight is 243 g/mol. The fourth-order valence-electron chi connectivity index (χ4n) is 2.56. The minimum atomic E-state index is -0.416. The zero-order chi connectivity index (χ0) is 11.6. The maximum Gasteiger partial charge on any atom is 0.329 e. The van der Waals surface area contributed by atoms with Gasteiger partial charge in [0.25, 0.3) is 0 Å². The van der Waals surface area contributed by atoms with E-state index in [4.69, 9.17) is 4.74 Å². The predicted molar refractivity (Wildman–Crippen MR) is 62.2 cm³/mol. The standard InChI is InChI=1S/C11H17NO3S/c1-2-15-10(14)9-11(7-8(13)12-9)3-5-16-6-4-11/h9H,2-7H2,1H3,(H,12,13). The number of carbonyl (C=O) groups excluding carboxylic acids is 2. The molecule has 2 fully saturated rings. The molecule has 16 heavy (non-hydrogen) atoms. The number of carbonyl (C=O) groups is 2. The molecule has 0 aromatic rings. The van der Waals surface area contributed by atoms with E-state index in [-0.39, 0.29) is 17.3 Å². The summed E-state index contributed by atoms with van der Waals surface area (Å²) in [5.41, 5.74) is -0.172. The van der Waals surface area contributed by atoms with Gasteiger partial charge in [-0.3, -0.25) is 4.79 Å². The summed E-state index contributed by atoms with van der Waals surface area (Å²) < 4.78 is 5.04. The van der Waals surface area contributed by atoms with Gasteiger partial charge in [-0.05, 0) is 31.3 Å². The summed E-state index contributed by atoms with van der Waals surface area (Å²) >= 11 is 1.89. The molecule has 0 saturated carbocycles. The molecule has 0 bridgehead atoms. The lowest BCUT2D eigenvalue weighted by atomic mass is 9.75. The van der Waals surface area contributed by atoms with E-state index in [0.29, 0.717) is 13.0 Å². The summed E-state index contributed by atoms with van der Waals surface area (Å²) in [6.07, 6.45) is 2.34. The largest absolute Gasteiger partial charge is 0.464 e. The van der Waals surface area contributed by atoms with Crippen LogP contribution in [0.5, 0.6) is 0 Å². The Labute approximate surface area is 99.5 Å². The molecule has 0 radical (unpaired) electrons. The maximum atomic E-state index is 11.8. The zero-order valence-electron chi connectivity index (χ0n) is 9.45. The van der Waals surface area contributed by atoms with E-state index >= 15 is 0 Å². The van der Waals surface area contributed by atoms with Gasteiger partial charge in [-0.2, -0.15) is 11.8 Å². The Bertz CT molecular complexity index is 300. The molecular weight excluding hydrogens is 226 g/mol. The molecule has 0 aromatic heterocycles. The molecule has 1 spiro atoms. The van der Waals surface area contributed by atoms with Gasteiger partial charge < -0.3 is 10.1 Å². The number of amides is 1. The van der Waals surface area contributed by atoms with Crippen molar-refractivity contribution in [3.8, 4) is 0 Å². The third kappa shape index (κ3) is 2.05. The number of thioether (sulfide) groups is 1. The Morgan fingerprint density at radius 2 is 2.25 bits per heavy atom. The molecule has 0 aliphatic carbocycles. The van der Waals surface area contributed by atoms with Crippen molar-refractivity contribution < 1.29 is 14.3 Å². The van der Waals surface area contributed by atoms with E-state index in [0.717, 1.165) is 24.3 Å². The predicted octanol–water partition coefficient (Wildman–Crippen LogP) is 0.951. The Morgan fingerprint density at radius 3 is 2.88 bits per heavy atom. The van der Waals surface area contributed by atoms with Gasteiger partial charge in [-0.25, -0.2) is 4.79 Å². The Hall–Kier alpha value is -0.710. The number of rotatable bonds is 2. The third-order valence-electron chi connectivity index (χ3n) is 3.44. The number of ether oxygens (including phenoxy) is 1. The average Bonchev–Trinajstić information content (AvgIpc) is 2.57. The highest BCUT2D eigenvalue weighted by Gasteiger charge is 2.51. The fourth-order valence-corrected chi connectivity index (χ4v) is 3.87. The quantitative estimate of drug-likeness (QED) is 0.734. The first-order chi connectivity index (χ1) is 7.68. The van der Waals surface area contributed by atoms with Gasteiger partial charge in [-0.15, -0.1) is 0 Å². The molecule has 2 rings (SSSR count). The van der Waals surface area contributed by atoms with Crippen LogP contribution in [-0.2, 0) is 14.3 Å². The number of hydrogen-bond acceptors (Lipinski definition) is 4. The van der Waals surface area contributed by atoms with Crippen LogP contribution < -0.4 is 5.32 Å². The van der Waals surface area contributed by atoms with Gasteiger partial charge in [-0.1, -0.05) is 0 Å². The smallest absolute Gasteiger partial charge is 0.329 e. The highest BCUT2D eigenvalue weighted by molar-refractivity contribution is 7.99. The maximum absolute atomic E-state index is 11.8. The lowest BCUT2D eigenvalue weighted by Gasteiger charge is -2.35. The molecule has 90 valence electrons. The second kappa shape index (κ2) is 4.65. The highest BCUT2D eigenvalue weighted by atomic mass is 32.2. The minimum absolute atomic E-state index is 0.00930. The van der Waals surface area contributed by atoms with Crippen LogP contribution in [0.3, 0.4) is 0 Å². The van der Waals surface area contributed by atoms with Crippen LogP contribution in [0.25, 0.3) is 0 Å². The van der Waals surface area contributed by atoms with Crippen molar-refractivity contribution in [1.29, 1.82) is 0 Å². The van der Waals surface area contributed by atoms with E-state index in [1.54, 1.807) is 6.92 Å². The molecule has 1 N–H and O–H groups in total. The van der Waals surface area contributed by atoms with Crippen molar-refractivity contribution in [2.75, 3.05) is 18.1 Å². The van der Waals surface area contributed by atoms with Gasteiger partial charge in [0.05, 0.1) is 6.61 Å². The van der Waals surface area contributed by atoms with Crippen LogP contribution in [0, 0.1) is 5.41 Å². The topological polar surface area (TPSA) is 55.4 Å². The van der Waals surface area contributed by atoms with Crippen molar-refractivity contribution in [2.24, 2.45) is 5.41 Å². The van der Waals surface area contributed by atoms with E-state index < -0.39 is 6.04 Å². The van der Waals surface area contributed by atoms with E-state index in [9.17, 15) is 9.59 Å². The van der Waals surface area contributed by atoms with Crippen LogP contribution in [0.2, 0.25) is 0 Å². The molecule has 1 atom stereocenters. The summed E-state index contributed by atoms with van der Waals surface area (Å²) in [7, 11) is 0. The van der Waals surface area contributed by atoms with Crippen molar-refractivity contribution in [1.82, 2.24) is 5.32 Å². The van der Waals surface area contributed by atoms with Crippen molar-refractivity contribution in [2.45, 2.75) is 32.2 Å². The molecule has 2 heterocycles. The Kier molecular flexibility index (Phi) is 3.42. The van der Waals surface area contributed by atoms with E-state index in [2.05, 4.69) is 5.32 Å². The van der Waals surface area contributed by atoms with Crippen LogP contribution in [0.1, 0.15) is 26.2 Å². The van der Waals surface area contributed by atoms with Gasteiger partial charge >= 0.3 is 5.97 Å². The zero-order valence-corrected chi connectivity index (χ0v) is 10.3. The fraction of sp³-hybridized carbons (Fsp3) is 0.818. The van der Waals surface area contributed by atoms with Crippen LogP contribution >= 0.6 is 11.8 Å². The first-order valence-electron chi connectivity index (χ1n) is 5.72.